The van der Waals surface area contributed by atoms with E-state index in [0.29, 0.717) is 28.4 Å². The minimum absolute atomic E-state index is 0.100. The van der Waals surface area contributed by atoms with Crippen LogP contribution in [0.15, 0.2) is 66.2 Å². The van der Waals surface area contributed by atoms with Crippen molar-refractivity contribution in [2.75, 3.05) is 17.0 Å². The van der Waals surface area contributed by atoms with E-state index >= 15 is 0 Å². The quantitative estimate of drug-likeness (QED) is 0.250. The summed E-state index contributed by atoms with van der Waals surface area (Å²) in [5.74, 6) is -6.40. The summed E-state index contributed by atoms with van der Waals surface area (Å²) in [6, 6.07) is 13.9. The van der Waals surface area contributed by atoms with Gasteiger partial charge in [0.1, 0.15) is 11.4 Å². The molecule has 1 saturated carbocycles. The van der Waals surface area contributed by atoms with Crippen molar-refractivity contribution in [2.24, 2.45) is 29.1 Å². The zero-order valence-corrected chi connectivity index (χ0v) is 27.7. The summed E-state index contributed by atoms with van der Waals surface area (Å²) < 4.78 is 40.7. The van der Waals surface area contributed by atoms with Crippen LogP contribution in [0.3, 0.4) is 0 Å². The number of hydrogen-bond donors (Lipinski definition) is 1. The number of para-hydroxylation sites is 1. The summed E-state index contributed by atoms with van der Waals surface area (Å²) in [6.45, 7) is 5.26. The number of aromatic nitrogens is 1. The lowest BCUT2D eigenvalue weighted by Gasteiger charge is -2.49. The number of carbonyl (C=O) groups is 4. The van der Waals surface area contributed by atoms with Crippen LogP contribution in [0.25, 0.3) is 0 Å². The number of nitrogens with zero attached hydrogens (tertiary/aromatic N) is 4. The number of hydrogen-bond acceptors (Lipinski definition) is 7. The molecule has 2 aliphatic heterocycles. The number of amides is 4. The second kappa shape index (κ2) is 11.2. The Bertz CT molecular complexity index is 1960. The number of aryl methyl sites for hydroxylation is 2. The number of allylic oxidation sites excluding steroid dienone is 2. The number of alkyl halides is 3. The first-order valence-electron chi connectivity index (χ1n) is 15.9. The largest absolute Gasteiger partial charge is 0.507 e. The van der Waals surface area contributed by atoms with Gasteiger partial charge in [-0.1, -0.05) is 53.6 Å². The smallest absolute Gasteiger partial charge is 0.433 e. The maximum absolute atomic E-state index is 14.5. The first-order chi connectivity index (χ1) is 23.1. The van der Waals surface area contributed by atoms with E-state index in [2.05, 4.69) is 4.98 Å². The Hall–Kier alpha value is -4.71. The number of imide groups is 2. The zero-order chi connectivity index (χ0) is 35.3. The number of fused-ring (bicyclic) bond motifs is 4. The number of phenols is 1. The Morgan fingerprint density at radius 1 is 0.959 bits per heavy atom. The molecule has 1 aromatic heterocycles. The number of pyridine rings is 1. The number of rotatable bonds is 4. The molecule has 3 fully saturated rings. The molecule has 1 N–H and O–H groups in total. The Morgan fingerprint density at radius 3 is 2.24 bits per heavy atom. The molecule has 6 atom stereocenters. The molecule has 3 heterocycles. The Balaban J connectivity index is 1.34. The van der Waals surface area contributed by atoms with Gasteiger partial charge in [0, 0.05) is 13.0 Å². The summed E-state index contributed by atoms with van der Waals surface area (Å²) in [5.41, 5.74) is 0.501. The van der Waals surface area contributed by atoms with Gasteiger partial charge in [-0.05, 0) is 80.5 Å². The number of carbonyl (C=O) groups excluding carboxylic acids is 4. The fourth-order valence-electron chi connectivity index (χ4n) is 8.56. The Labute approximate surface area is 284 Å². The molecule has 9 nitrogen and oxygen atoms in total. The van der Waals surface area contributed by atoms with Crippen LogP contribution in [0.2, 0.25) is 5.02 Å². The summed E-state index contributed by atoms with van der Waals surface area (Å²) >= 11 is 6.25. The van der Waals surface area contributed by atoms with Gasteiger partial charge in [-0.2, -0.15) is 18.2 Å². The third-order valence-electron chi connectivity index (χ3n) is 10.8. The lowest BCUT2D eigenvalue weighted by Crippen LogP contribution is -2.49. The number of hydrazine groups is 1. The van der Waals surface area contributed by atoms with E-state index in [1.807, 2.05) is 6.08 Å². The highest BCUT2D eigenvalue weighted by Crippen LogP contribution is 2.64. The van der Waals surface area contributed by atoms with Crippen molar-refractivity contribution in [1.29, 1.82) is 0 Å². The first kappa shape index (κ1) is 32.8. The Morgan fingerprint density at radius 2 is 1.61 bits per heavy atom. The molecule has 254 valence electrons. The minimum Gasteiger partial charge on any atom is -0.507 e. The molecule has 6 unspecified atom stereocenters. The normalized spacial score (nSPS) is 28.0. The van der Waals surface area contributed by atoms with E-state index in [1.165, 1.54) is 11.9 Å². The fraction of sp³-hybridized carbons (Fsp3) is 0.361. The third-order valence-corrected chi connectivity index (χ3v) is 11.1. The van der Waals surface area contributed by atoms with Crippen molar-refractivity contribution in [3.8, 4) is 5.75 Å². The van der Waals surface area contributed by atoms with Crippen molar-refractivity contribution in [1.82, 2.24) is 9.99 Å². The molecule has 7 rings (SSSR count). The molecule has 2 aromatic carbocycles. The van der Waals surface area contributed by atoms with E-state index in [-0.39, 0.29) is 29.5 Å². The minimum atomic E-state index is -4.79. The molecule has 2 saturated heterocycles. The molecule has 4 aliphatic rings. The molecular formula is C36H32ClF3N4O5. The summed E-state index contributed by atoms with van der Waals surface area (Å²) in [7, 11) is 1.26. The van der Waals surface area contributed by atoms with Crippen molar-refractivity contribution in [2.45, 2.75) is 45.7 Å². The van der Waals surface area contributed by atoms with Gasteiger partial charge in [0.15, 0.2) is 5.82 Å². The molecule has 3 aromatic rings. The molecule has 2 aliphatic carbocycles. The van der Waals surface area contributed by atoms with Gasteiger partial charge in [0.2, 0.25) is 11.8 Å². The third kappa shape index (κ3) is 4.70. The first-order valence-corrected chi connectivity index (χ1v) is 16.2. The van der Waals surface area contributed by atoms with E-state index in [1.54, 1.807) is 63.2 Å². The van der Waals surface area contributed by atoms with Crippen LogP contribution in [0.5, 0.6) is 5.75 Å². The van der Waals surface area contributed by atoms with Crippen molar-refractivity contribution >= 4 is 46.7 Å². The fourth-order valence-corrected chi connectivity index (χ4v) is 8.79. The van der Waals surface area contributed by atoms with Gasteiger partial charge in [0.25, 0.3) is 11.8 Å². The average molecular weight is 693 g/mol. The molecule has 13 heteroatoms. The SMILES string of the molecule is Cc1cc(C2C3=CCC4C(=O)N(N(C)c5nc(C(F)(F)F)ccc5Cl)C(=O)C4C3CC3C(=O)N(c4ccccc4)C(=O)C32C)cc(C)c1O. The monoisotopic (exact) mass is 692 g/mol. The molecule has 4 amide bonds. The van der Waals surface area contributed by atoms with E-state index in [4.69, 9.17) is 11.6 Å². The predicted octanol–water partition coefficient (Wildman–Crippen LogP) is 6.36. The van der Waals surface area contributed by atoms with Crippen LogP contribution in [0.1, 0.15) is 48.1 Å². The van der Waals surface area contributed by atoms with Gasteiger partial charge < -0.3 is 5.11 Å². The van der Waals surface area contributed by atoms with Crippen LogP contribution < -0.4 is 9.91 Å². The van der Waals surface area contributed by atoms with Crippen molar-refractivity contribution < 1.29 is 37.5 Å². The van der Waals surface area contributed by atoms with Crippen LogP contribution in [-0.4, -0.2) is 45.8 Å². The number of aromatic hydroxyl groups is 1. The lowest BCUT2D eigenvalue weighted by atomic mass is 9.51. The van der Waals surface area contributed by atoms with Crippen molar-refractivity contribution in [3.63, 3.8) is 0 Å². The van der Waals surface area contributed by atoms with Gasteiger partial charge in [-0.15, -0.1) is 0 Å². The maximum Gasteiger partial charge on any atom is 0.433 e. The molecule has 0 bridgehead atoms. The highest BCUT2D eigenvalue weighted by molar-refractivity contribution is 6.33. The second-order valence-corrected chi connectivity index (χ2v) is 13.9. The summed E-state index contributed by atoms with van der Waals surface area (Å²) in [4.78, 5) is 62.0. The highest BCUT2D eigenvalue weighted by atomic mass is 35.5. The van der Waals surface area contributed by atoms with Gasteiger partial charge in [-0.3, -0.25) is 24.2 Å². The number of benzene rings is 2. The zero-order valence-electron chi connectivity index (χ0n) is 27.0. The van der Waals surface area contributed by atoms with Crippen molar-refractivity contribution in [3.05, 3.63) is 93.7 Å². The van der Waals surface area contributed by atoms with Crippen LogP contribution >= 0.6 is 11.6 Å². The van der Waals surface area contributed by atoms with Gasteiger partial charge in [-0.25, -0.2) is 9.88 Å². The average Bonchev–Trinajstić information content (AvgIpc) is 3.42. The maximum atomic E-state index is 14.5. The Kier molecular flexibility index (Phi) is 7.47. The van der Waals surface area contributed by atoms with E-state index in [0.717, 1.165) is 21.7 Å². The molecule has 0 spiro atoms. The number of anilines is 2. The van der Waals surface area contributed by atoms with E-state index in [9.17, 15) is 37.5 Å². The summed E-state index contributed by atoms with van der Waals surface area (Å²) in [6.07, 6.45) is -2.68. The van der Waals surface area contributed by atoms with Gasteiger partial charge in [0.05, 0.1) is 33.9 Å². The predicted molar refractivity (Wildman–Crippen MR) is 173 cm³/mol. The van der Waals surface area contributed by atoms with E-state index < -0.39 is 70.4 Å². The molecular weight excluding hydrogens is 661 g/mol. The molecule has 0 radical (unpaired) electrons. The lowest BCUT2D eigenvalue weighted by molar-refractivity contribution is -0.141. The topological polar surface area (TPSA) is 111 Å². The molecule has 49 heavy (non-hydrogen) atoms. The summed E-state index contributed by atoms with van der Waals surface area (Å²) in [5, 5.41) is 12.2. The standard InChI is InChI=1S/C36H32ClF3N4O5/c1-17-14-19(15-18(2)29(17)45)28-21-10-11-22-27(23(21)16-24-32(47)43(34(49)35(24,28)3)20-8-6-5-7-9-20)33(48)44(31(22)46)42(4)30-25(37)12-13-26(41-30)36(38,39)40/h5-10,12-15,22-24,27-28,45H,11,16H2,1-4H3. The number of phenolic OH excluding ortho intramolecular Hbond substituents is 1. The highest BCUT2D eigenvalue weighted by Gasteiger charge is 2.68. The second-order valence-electron chi connectivity index (χ2n) is 13.5. The van der Waals surface area contributed by atoms with Gasteiger partial charge >= 0.3 is 6.18 Å². The van der Waals surface area contributed by atoms with Crippen LogP contribution in [0.4, 0.5) is 24.7 Å². The van der Waals surface area contributed by atoms with Crippen LogP contribution in [-0.2, 0) is 25.4 Å². The van der Waals surface area contributed by atoms with Crippen LogP contribution in [0, 0.1) is 42.9 Å². The number of halogens is 4.